The highest BCUT2D eigenvalue weighted by Gasteiger charge is 2.27. The van der Waals surface area contributed by atoms with Gasteiger partial charge < -0.3 is 10.3 Å². The van der Waals surface area contributed by atoms with Crippen molar-refractivity contribution < 1.29 is 4.79 Å². The van der Waals surface area contributed by atoms with Crippen LogP contribution in [0.25, 0.3) is 0 Å². The van der Waals surface area contributed by atoms with Crippen LogP contribution in [0, 0.1) is 5.41 Å². The van der Waals surface area contributed by atoms with Gasteiger partial charge in [-0.1, -0.05) is 19.9 Å². The van der Waals surface area contributed by atoms with Crippen molar-refractivity contribution in [2.24, 2.45) is 5.41 Å². The number of carbonyl (C=O) groups is 1. The van der Waals surface area contributed by atoms with Gasteiger partial charge >= 0.3 is 0 Å². The van der Waals surface area contributed by atoms with Gasteiger partial charge in [-0.15, -0.1) is 0 Å². The van der Waals surface area contributed by atoms with E-state index in [-0.39, 0.29) is 17.5 Å². The normalized spacial score (nSPS) is 19.4. The zero-order valence-corrected chi connectivity index (χ0v) is 11.0. The van der Waals surface area contributed by atoms with Gasteiger partial charge in [0.15, 0.2) is 0 Å². The largest absolute Gasteiger partial charge is 0.348 e. The third kappa shape index (κ3) is 3.22. The van der Waals surface area contributed by atoms with Crippen molar-refractivity contribution >= 4 is 5.91 Å². The molecule has 1 amide bonds. The fourth-order valence-electron chi connectivity index (χ4n) is 2.39. The van der Waals surface area contributed by atoms with Crippen molar-refractivity contribution in [2.45, 2.75) is 45.6 Å². The van der Waals surface area contributed by atoms with E-state index in [1.54, 1.807) is 12.1 Å². The van der Waals surface area contributed by atoms with Gasteiger partial charge in [0.25, 0.3) is 5.91 Å². The number of hydrogen-bond acceptors (Lipinski definition) is 2. The average Bonchev–Trinajstić information content (AvgIpc) is 2.32. The van der Waals surface area contributed by atoms with Crippen molar-refractivity contribution in [2.75, 3.05) is 0 Å². The second-order valence-electron chi connectivity index (χ2n) is 5.84. The minimum atomic E-state index is -0.243. The molecule has 1 aromatic rings. The van der Waals surface area contributed by atoms with Gasteiger partial charge in [0.1, 0.15) is 5.69 Å². The number of nitrogens with one attached hydrogen (secondary N) is 2. The van der Waals surface area contributed by atoms with Crippen LogP contribution in [0.5, 0.6) is 0 Å². The molecule has 4 heteroatoms. The Labute approximate surface area is 107 Å². The van der Waals surface area contributed by atoms with Crippen LogP contribution in [0.4, 0.5) is 0 Å². The van der Waals surface area contributed by atoms with E-state index in [1.165, 1.54) is 6.07 Å². The molecule has 0 spiro atoms. The molecule has 98 valence electrons. The fraction of sp³-hybridized carbons (Fsp3) is 0.571. The predicted octanol–water partition coefficient (Wildman–Crippen LogP) is 2.07. The lowest BCUT2D eigenvalue weighted by Gasteiger charge is -2.34. The zero-order valence-electron chi connectivity index (χ0n) is 11.0. The Hall–Kier alpha value is -1.58. The number of carbonyl (C=O) groups excluding carboxylic acids is 1. The summed E-state index contributed by atoms with van der Waals surface area (Å²) in [6.07, 6.45) is 4.28. The molecule has 1 aromatic heterocycles. The first-order chi connectivity index (χ1) is 8.46. The molecule has 1 saturated carbocycles. The lowest BCUT2D eigenvalue weighted by atomic mass is 9.75. The molecule has 1 aliphatic rings. The second-order valence-corrected chi connectivity index (χ2v) is 5.84. The topological polar surface area (TPSA) is 62.0 Å². The molecule has 2 rings (SSSR count). The Balaban J connectivity index is 1.95. The summed E-state index contributed by atoms with van der Waals surface area (Å²) in [5.74, 6) is -0.183. The van der Waals surface area contributed by atoms with Gasteiger partial charge in [-0.05, 0) is 37.2 Å². The Kier molecular flexibility index (Phi) is 3.55. The lowest BCUT2D eigenvalue weighted by molar-refractivity contribution is 0.0903. The highest BCUT2D eigenvalue weighted by molar-refractivity contribution is 5.92. The number of amides is 1. The van der Waals surface area contributed by atoms with Gasteiger partial charge in [-0.25, -0.2) is 0 Å². The lowest BCUT2D eigenvalue weighted by Crippen LogP contribution is -2.39. The summed E-state index contributed by atoms with van der Waals surface area (Å²) in [5.41, 5.74) is 0.488. The van der Waals surface area contributed by atoms with Crippen LogP contribution in [0.3, 0.4) is 0 Å². The maximum Gasteiger partial charge on any atom is 0.268 e. The molecule has 4 nitrogen and oxygen atoms in total. The standard InChI is InChI=1S/C14H20N2O2/c1-14(2)8-6-10(7-9-14)15-13(18)11-4-3-5-12(17)16-11/h3-5,10H,6-9H2,1-2H3,(H,15,18)(H,16,17). The van der Waals surface area contributed by atoms with Crippen molar-refractivity contribution in [1.82, 2.24) is 10.3 Å². The molecule has 0 aliphatic heterocycles. The number of rotatable bonds is 2. The van der Waals surface area contributed by atoms with Gasteiger partial charge in [0.2, 0.25) is 5.56 Å². The van der Waals surface area contributed by atoms with Crippen LogP contribution in [0.2, 0.25) is 0 Å². The fourth-order valence-corrected chi connectivity index (χ4v) is 2.39. The summed E-state index contributed by atoms with van der Waals surface area (Å²) in [6, 6.07) is 4.86. The first-order valence-electron chi connectivity index (χ1n) is 6.46. The van der Waals surface area contributed by atoms with Gasteiger partial charge in [-0.2, -0.15) is 0 Å². The van der Waals surface area contributed by atoms with Crippen molar-refractivity contribution in [3.05, 3.63) is 34.2 Å². The maximum atomic E-state index is 11.9. The molecule has 0 bridgehead atoms. The van der Waals surface area contributed by atoms with Crippen molar-refractivity contribution in [3.63, 3.8) is 0 Å². The summed E-state index contributed by atoms with van der Waals surface area (Å²) >= 11 is 0. The maximum absolute atomic E-state index is 11.9. The SMILES string of the molecule is CC1(C)CCC(NC(=O)c2cccc(=O)[nH]2)CC1. The number of pyridine rings is 1. The predicted molar refractivity (Wildman–Crippen MR) is 70.6 cm³/mol. The van der Waals surface area contributed by atoms with E-state index in [2.05, 4.69) is 24.1 Å². The summed E-state index contributed by atoms with van der Waals surface area (Å²) in [7, 11) is 0. The first kappa shape index (κ1) is 12.9. The zero-order chi connectivity index (χ0) is 13.2. The van der Waals surface area contributed by atoms with Crippen LogP contribution in [0.15, 0.2) is 23.0 Å². The molecule has 0 unspecified atom stereocenters. The molecule has 1 fully saturated rings. The van der Waals surface area contributed by atoms with Crippen LogP contribution in [-0.2, 0) is 0 Å². The van der Waals surface area contributed by atoms with Crippen LogP contribution < -0.4 is 10.9 Å². The van der Waals surface area contributed by atoms with E-state index < -0.39 is 0 Å². The van der Waals surface area contributed by atoms with E-state index in [1.807, 2.05) is 0 Å². The molecular formula is C14H20N2O2. The summed E-state index contributed by atoms with van der Waals surface area (Å²) in [4.78, 5) is 25.6. The minimum absolute atomic E-state index is 0.183. The molecule has 0 saturated heterocycles. The minimum Gasteiger partial charge on any atom is -0.348 e. The van der Waals surface area contributed by atoms with E-state index in [0.29, 0.717) is 11.1 Å². The smallest absolute Gasteiger partial charge is 0.268 e. The van der Waals surface area contributed by atoms with Crippen LogP contribution in [0.1, 0.15) is 50.0 Å². The highest BCUT2D eigenvalue weighted by atomic mass is 16.2. The van der Waals surface area contributed by atoms with Crippen molar-refractivity contribution in [3.8, 4) is 0 Å². The molecule has 1 heterocycles. The van der Waals surface area contributed by atoms with E-state index in [0.717, 1.165) is 25.7 Å². The van der Waals surface area contributed by atoms with Gasteiger partial charge in [0.05, 0.1) is 0 Å². The monoisotopic (exact) mass is 248 g/mol. The molecule has 1 aliphatic carbocycles. The first-order valence-corrected chi connectivity index (χ1v) is 6.46. The van der Waals surface area contributed by atoms with E-state index >= 15 is 0 Å². The average molecular weight is 248 g/mol. The number of aromatic amines is 1. The Morgan fingerprint density at radius 1 is 1.33 bits per heavy atom. The highest BCUT2D eigenvalue weighted by Crippen LogP contribution is 2.34. The Morgan fingerprint density at radius 2 is 2.00 bits per heavy atom. The molecule has 0 atom stereocenters. The quantitative estimate of drug-likeness (QED) is 0.841. The molecule has 0 aromatic carbocycles. The summed E-state index contributed by atoms with van der Waals surface area (Å²) in [5, 5.41) is 2.99. The van der Waals surface area contributed by atoms with Crippen molar-refractivity contribution in [1.29, 1.82) is 0 Å². The van der Waals surface area contributed by atoms with Gasteiger partial charge in [0, 0.05) is 12.1 Å². The number of hydrogen-bond donors (Lipinski definition) is 2. The molecule has 18 heavy (non-hydrogen) atoms. The third-order valence-corrected chi connectivity index (χ3v) is 3.69. The second kappa shape index (κ2) is 4.96. The molecule has 0 radical (unpaired) electrons. The Morgan fingerprint density at radius 3 is 2.61 bits per heavy atom. The third-order valence-electron chi connectivity index (χ3n) is 3.69. The summed E-state index contributed by atoms with van der Waals surface area (Å²) in [6.45, 7) is 4.53. The van der Waals surface area contributed by atoms with E-state index in [4.69, 9.17) is 0 Å². The van der Waals surface area contributed by atoms with Crippen LogP contribution >= 0.6 is 0 Å². The Bertz CT molecular complexity index is 481. The van der Waals surface area contributed by atoms with E-state index in [9.17, 15) is 9.59 Å². The molecular weight excluding hydrogens is 228 g/mol. The number of H-pyrrole nitrogens is 1. The van der Waals surface area contributed by atoms with Gasteiger partial charge in [-0.3, -0.25) is 9.59 Å². The summed E-state index contributed by atoms with van der Waals surface area (Å²) < 4.78 is 0. The molecule has 2 N–H and O–H groups in total. The number of aromatic nitrogens is 1. The van der Waals surface area contributed by atoms with Crippen LogP contribution in [-0.4, -0.2) is 16.9 Å².